The van der Waals surface area contributed by atoms with Crippen LogP contribution in [0.5, 0.6) is 5.75 Å². The van der Waals surface area contributed by atoms with Crippen molar-refractivity contribution in [3.63, 3.8) is 0 Å². The maximum Gasteiger partial charge on any atom is 0.136 e. The largest absolute Gasteiger partial charge is 0.495 e. The van der Waals surface area contributed by atoms with Gasteiger partial charge in [-0.25, -0.2) is 0 Å². The van der Waals surface area contributed by atoms with Gasteiger partial charge in [0.1, 0.15) is 11.8 Å². The molecule has 0 radical (unpaired) electrons. The van der Waals surface area contributed by atoms with E-state index in [0.717, 1.165) is 5.75 Å². The summed E-state index contributed by atoms with van der Waals surface area (Å²) >= 11 is 1.87. The van der Waals surface area contributed by atoms with Gasteiger partial charge in [-0.3, -0.25) is 0 Å². The fourth-order valence-electron chi connectivity index (χ4n) is 1.20. The average Bonchev–Trinajstić information content (AvgIpc) is 2.25. The highest BCUT2D eigenvalue weighted by Gasteiger charge is 2.04. The summed E-state index contributed by atoms with van der Waals surface area (Å²) in [6.07, 6.45) is 0. The molecule has 0 aliphatic rings. The smallest absolute Gasteiger partial charge is 0.136 e. The van der Waals surface area contributed by atoms with Crippen molar-refractivity contribution in [2.75, 3.05) is 7.11 Å². The van der Waals surface area contributed by atoms with E-state index in [1.165, 1.54) is 5.56 Å². The van der Waals surface area contributed by atoms with Crippen molar-refractivity contribution in [3.05, 3.63) is 29.3 Å². The number of hydrogen-bond donors (Lipinski definition) is 0. The molecule has 0 amide bonds. The molecule has 0 aliphatic carbocycles. The molecule has 0 aromatic heterocycles. The Kier molecular flexibility index (Phi) is 4.51. The van der Waals surface area contributed by atoms with Gasteiger partial charge in [0.15, 0.2) is 0 Å². The second-order valence-electron chi connectivity index (χ2n) is 3.51. The van der Waals surface area contributed by atoms with Gasteiger partial charge in [-0.15, -0.1) is 0 Å². The Labute approximate surface area is 95.3 Å². The molecule has 0 bridgehead atoms. The third-order valence-electron chi connectivity index (χ3n) is 1.97. The fourth-order valence-corrected chi connectivity index (χ4v) is 1.90. The Balaban J connectivity index is 2.80. The van der Waals surface area contributed by atoms with Gasteiger partial charge in [0, 0.05) is 5.75 Å². The molecule has 0 saturated carbocycles. The van der Waals surface area contributed by atoms with Gasteiger partial charge in [-0.1, -0.05) is 19.9 Å². The summed E-state index contributed by atoms with van der Waals surface area (Å²) < 4.78 is 5.09. The summed E-state index contributed by atoms with van der Waals surface area (Å²) in [5.74, 6) is 1.59. The number of methoxy groups -OCH3 is 1. The van der Waals surface area contributed by atoms with Crippen LogP contribution in [-0.4, -0.2) is 12.4 Å². The third-order valence-corrected chi connectivity index (χ3v) is 3.13. The van der Waals surface area contributed by atoms with E-state index in [2.05, 4.69) is 19.9 Å². The minimum absolute atomic E-state index is 0.609. The van der Waals surface area contributed by atoms with Gasteiger partial charge in [-0.2, -0.15) is 17.0 Å². The number of ether oxygens (including phenoxy) is 1. The van der Waals surface area contributed by atoms with Gasteiger partial charge in [0.25, 0.3) is 0 Å². The summed E-state index contributed by atoms with van der Waals surface area (Å²) in [5, 5.41) is 9.52. The maximum absolute atomic E-state index is 8.91. The second kappa shape index (κ2) is 5.67. The average molecular weight is 221 g/mol. The van der Waals surface area contributed by atoms with Crippen molar-refractivity contribution in [1.29, 1.82) is 5.26 Å². The predicted octanol–water partition coefficient (Wildman–Crippen LogP) is 3.21. The summed E-state index contributed by atoms with van der Waals surface area (Å²) in [5.41, 5.74) is 1.78. The van der Waals surface area contributed by atoms with Crippen LogP contribution < -0.4 is 4.74 Å². The zero-order valence-corrected chi connectivity index (χ0v) is 10.1. The molecule has 0 unspecified atom stereocenters. The number of hydrogen-bond acceptors (Lipinski definition) is 3. The maximum atomic E-state index is 8.91. The number of nitrogens with zero attached hydrogens (tertiary/aromatic N) is 1. The summed E-state index contributed by atoms with van der Waals surface area (Å²) in [7, 11) is 1.58. The Bertz CT molecular complexity index is 368. The highest BCUT2D eigenvalue weighted by atomic mass is 32.2. The molecule has 0 fully saturated rings. The Hall–Kier alpha value is -1.14. The first-order valence-electron chi connectivity index (χ1n) is 4.86. The van der Waals surface area contributed by atoms with E-state index in [-0.39, 0.29) is 0 Å². The zero-order chi connectivity index (χ0) is 11.3. The molecular formula is C12H15NOS. The quantitative estimate of drug-likeness (QED) is 0.782. The van der Waals surface area contributed by atoms with Gasteiger partial charge < -0.3 is 4.74 Å². The molecular weight excluding hydrogens is 206 g/mol. The summed E-state index contributed by atoms with van der Waals surface area (Å²) in [6.45, 7) is 4.33. The lowest BCUT2D eigenvalue weighted by molar-refractivity contribution is 0.413. The molecule has 1 aromatic carbocycles. The van der Waals surface area contributed by atoms with Crippen LogP contribution in [0.2, 0.25) is 0 Å². The van der Waals surface area contributed by atoms with Gasteiger partial charge in [0.2, 0.25) is 0 Å². The van der Waals surface area contributed by atoms with E-state index in [0.29, 0.717) is 16.6 Å². The molecule has 0 heterocycles. The molecule has 0 aliphatic heterocycles. The molecule has 15 heavy (non-hydrogen) atoms. The van der Waals surface area contributed by atoms with Crippen LogP contribution in [0.3, 0.4) is 0 Å². The van der Waals surface area contributed by atoms with Crippen LogP contribution in [0.1, 0.15) is 25.0 Å². The van der Waals surface area contributed by atoms with Crippen molar-refractivity contribution < 1.29 is 4.74 Å². The van der Waals surface area contributed by atoms with Crippen LogP contribution in [-0.2, 0) is 5.75 Å². The SMILES string of the molecule is COc1ccc(CSC(C)C)cc1C#N. The molecule has 80 valence electrons. The van der Waals surface area contributed by atoms with E-state index in [1.54, 1.807) is 7.11 Å². The van der Waals surface area contributed by atoms with Crippen molar-refractivity contribution in [3.8, 4) is 11.8 Å². The van der Waals surface area contributed by atoms with Crippen LogP contribution >= 0.6 is 11.8 Å². The van der Waals surface area contributed by atoms with Crippen LogP contribution in [0.15, 0.2) is 18.2 Å². The highest BCUT2D eigenvalue weighted by molar-refractivity contribution is 7.99. The molecule has 0 saturated heterocycles. The minimum Gasteiger partial charge on any atom is -0.495 e. The topological polar surface area (TPSA) is 33.0 Å². The van der Waals surface area contributed by atoms with E-state index in [1.807, 2.05) is 30.0 Å². The standard InChI is InChI=1S/C12H15NOS/c1-9(2)15-8-10-4-5-12(14-3)11(6-10)7-13/h4-6,9H,8H2,1-3H3. The number of rotatable bonds is 4. The second-order valence-corrected chi connectivity index (χ2v) is 5.07. The third kappa shape index (κ3) is 3.49. The predicted molar refractivity (Wildman–Crippen MR) is 64.1 cm³/mol. The number of nitriles is 1. The molecule has 0 spiro atoms. The van der Waals surface area contributed by atoms with Crippen LogP contribution in [0, 0.1) is 11.3 Å². The summed E-state index contributed by atoms with van der Waals surface area (Å²) in [6, 6.07) is 7.90. The van der Waals surface area contributed by atoms with E-state index >= 15 is 0 Å². The van der Waals surface area contributed by atoms with Gasteiger partial charge in [0.05, 0.1) is 12.7 Å². The highest BCUT2D eigenvalue weighted by Crippen LogP contribution is 2.23. The van der Waals surface area contributed by atoms with Gasteiger partial charge in [-0.05, 0) is 22.9 Å². The Morgan fingerprint density at radius 2 is 2.20 bits per heavy atom. The molecule has 1 aromatic rings. The molecule has 0 N–H and O–H groups in total. The van der Waals surface area contributed by atoms with Crippen molar-refractivity contribution in [1.82, 2.24) is 0 Å². The first-order valence-corrected chi connectivity index (χ1v) is 5.91. The van der Waals surface area contributed by atoms with Crippen LogP contribution in [0.4, 0.5) is 0 Å². The normalized spacial score (nSPS) is 10.1. The fraction of sp³-hybridized carbons (Fsp3) is 0.417. The lowest BCUT2D eigenvalue weighted by Gasteiger charge is -2.07. The number of thioether (sulfide) groups is 1. The van der Waals surface area contributed by atoms with Crippen molar-refractivity contribution in [2.24, 2.45) is 0 Å². The van der Waals surface area contributed by atoms with Crippen LogP contribution in [0.25, 0.3) is 0 Å². The van der Waals surface area contributed by atoms with Crippen molar-refractivity contribution >= 4 is 11.8 Å². The van der Waals surface area contributed by atoms with Gasteiger partial charge >= 0.3 is 0 Å². The van der Waals surface area contributed by atoms with Crippen molar-refractivity contribution in [2.45, 2.75) is 24.9 Å². The first-order chi connectivity index (χ1) is 7.17. The monoisotopic (exact) mass is 221 g/mol. The molecule has 1 rings (SSSR count). The van der Waals surface area contributed by atoms with E-state index < -0.39 is 0 Å². The zero-order valence-electron chi connectivity index (χ0n) is 9.28. The Morgan fingerprint density at radius 3 is 2.73 bits per heavy atom. The Morgan fingerprint density at radius 1 is 1.47 bits per heavy atom. The first kappa shape index (κ1) is 11.9. The van der Waals surface area contributed by atoms with E-state index in [4.69, 9.17) is 10.00 Å². The lowest BCUT2D eigenvalue weighted by Crippen LogP contribution is -1.92. The molecule has 0 atom stereocenters. The minimum atomic E-state index is 0.609. The summed E-state index contributed by atoms with van der Waals surface area (Å²) in [4.78, 5) is 0. The lowest BCUT2D eigenvalue weighted by atomic mass is 10.1. The van der Waals surface area contributed by atoms with E-state index in [9.17, 15) is 0 Å². The molecule has 3 heteroatoms. The number of benzene rings is 1. The molecule has 2 nitrogen and oxygen atoms in total.